The first-order chi connectivity index (χ1) is 9.52. The SMILES string of the molecule is CC#CC1C[C@@H]2C[C@@H](C(=O)O)[C@@H](CCCB(O)O)[C@@H]2C1. The molecular formula is C15H23BO4. The van der Waals surface area contributed by atoms with E-state index >= 15 is 0 Å². The summed E-state index contributed by atoms with van der Waals surface area (Å²) < 4.78 is 0. The highest BCUT2D eigenvalue weighted by atomic mass is 16.4. The molecule has 2 aliphatic carbocycles. The van der Waals surface area contributed by atoms with E-state index in [1.165, 1.54) is 0 Å². The maximum atomic E-state index is 11.4. The van der Waals surface area contributed by atoms with E-state index in [1.54, 1.807) is 0 Å². The molecule has 2 rings (SSSR count). The maximum Gasteiger partial charge on any atom is 0.451 e. The number of carboxylic acid groups (broad SMARTS) is 1. The van der Waals surface area contributed by atoms with Gasteiger partial charge in [0.2, 0.25) is 0 Å². The van der Waals surface area contributed by atoms with Crippen molar-refractivity contribution < 1.29 is 19.9 Å². The quantitative estimate of drug-likeness (QED) is 0.527. The number of fused-ring (bicyclic) bond motifs is 1. The molecule has 0 aromatic heterocycles. The van der Waals surface area contributed by atoms with E-state index in [0.29, 0.717) is 30.5 Å². The van der Waals surface area contributed by atoms with Crippen molar-refractivity contribution in [2.45, 2.75) is 45.3 Å². The molecule has 2 fully saturated rings. The van der Waals surface area contributed by atoms with E-state index in [2.05, 4.69) is 11.8 Å². The second-order valence-electron chi connectivity index (χ2n) is 6.24. The lowest BCUT2D eigenvalue weighted by molar-refractivity contribution is -0.143. The standard InChI is InChI=1S/C15H23BO4/c1-2-4-10-7-11-9-14(15(17)18)12(13(11)8-10)5-3-6-16(19)20/h10-14,19-20H,3,5-9H2,1H3,(H,17,18)/t10?,11-,12+,13-,14-/m1/s1. The van der Waals surface area contributed by atoms with E-state index in [4.69, 9.17) is 10.0 Å². The fourth-order valence-corrected chi connectivity index (χ4v) is 4.31. The molecule has 5 heteroatoms. The molecule has 2 aliphatic rings. The highest BCUT2D eigenvalue weighted by Gasteiger charge is 2.50. The van der Waals surface area contributed by atoms with Crippen LogP contribution in [0, 0.1) is 41.4 Å². The topological polar surface area (TPSA) is 77.8 Å². The zero-order valence-electron chi connectivity index (χ0n) is 12.0. The Labute approximate surface area is 120 Å². The van der Waals surface area contributed by atoms with Gasteiger partial charge in [0.25, 0.3) is 0 Å². The summed E-state index contributed by atoms with van der Waals surface area (Å²) in [5.41, 5.74) is 0. The Kier molecular flexibility index (Phi) is 5.12. The highest BCUT2D eigenvalue weighted by molar-refractivity contribution is 6.40. The van der Waals surface area contributed by atoms with Crippen LogP contribution < -0.4 is 0 Å². The molecule has 20 heavy (non-hydrogen) atoms. The number of hydrogen-bond acceptors (Lipinski definition) is 3. The molecule has 4 nitrogen and oxygen atoms in total. The molecule has 5 atom stereocenters. The fraction of sp³-hybridized carbons (Fsp3) is 0.800. The Morgan fingerprint density at radius 3 is 2.65 bits per heavy atom. The van der Waals surface area contributed by atoms with E-state index in [1.807, 2.05) is 6.92 Å². The van der Waals surface area contributed by atoms with Gasteiger partial charge in [-0.15, -0.1) is 11.8 Å². The van der Waals surface area contributed by atoms with Gasteiger partial charge in [0.05, 0.1) is 5.92 Å². The van der Waals surface area contributed by atoms with Gasteiger partial charge in [-0.3, -0.25) is 4.79 Å². The highest BCUT2D eigenvalue weighted by Crippen LogP contribution is 2.54. The van der Waals surface area contributed by atoms with Crippen molar-refractivity contribution in [1.82, 2.24) is 0 Å². The molecule has 3 N–H and O–H groups in total. The Balaban J connectivity index is 1.99. The van der Waals surface area contributed by atoms with Gasteiger partial charge >= 0.3 is 13.1 Å². The van der Waals surface area contributed by atoms with Crippen LogP contribution in [0.25, 0.3) is 0 Å². The lowest BCUT2D eigenvalue weighted by Gasteiger charge is -2.22. The number of aliphatic carboxylic acids is 1. The van der Waals surface area contributed by atoms with Crippen molar-refractivity contribution in [3.63, 3.8) is 0 Å². The van der Waals surface area contributed by atoms with Crippen molar-refractivity contribution in [1.29, 1.82) is 0 Å². The molecular weight excluding hydrogens is 255 g/mol. The smallest absolute Gasteiger partial charge is 0.451 e. The van der Waals surface area contributed by atoms with Crippen molar-refractivity contribution in [2.75, 3.05) is 0 Å². The van der Waals surface area contributed by atoms with Crippen molar-refractivity contribution in [3.05, 3.63) is 0 Å². The average Bonchev–Trinajstić information content (AvgIpc) is 2.88. The van der Waals surface area contributed by atoms with Crippen LogP contribution in [0.15, 0.2) is 0 Å². The molecule has 110 valence electrons. The van der Waals surface area contributed by atoms with E-state index in [-0.39, 0.29) is 11.8 Å². The van der Waals surface area contributed by atoms with Crippen LogP contribution in [0.3, 0.4) is 0 Å². The minimum Gasteiger partial charge on any atom is -0.481 e. The summed E-state index contributed by atoms with van der Waals surface area (Å²) >= 11 is 0. The summed E-state index contributed by atoms with van der Waals surface area (Å²) in [7, 11) is -1.28. The van der Waals surface area contributed by atoms with Crippen molar-refractivity contribution in [3.8, 4) is 11.8 Å². The largest absolute Gasteiger partial charge is 0.481 e. The molecule has 0 heterocycles. The monoisotopic (exact) mass is 278 g/mol. The molecule has 1 unspecified atom stereocenters. The molecule has 2 saturated carbocycles. The zero-order chi connectivity index (χ0) is 14.7. The maximum absolute atomic E-state index is 11.4. The van der Waals surface area contributed by atoms with Gasteiger partial charge in [-0.05, 0) is 56.7 Å². The number of carboxylic acids is 1. The van der Waals surface area contributed by atoms with Crippen LogP contribution in [-0.4, -0.2) is 28.2 Å². The van der Waals surface area contributed by atoms with Gasteiger partial charge in [0, 0.05) is 5.92 Å². The Bertz CT molecular complexity index is 412. The van der Waals surface area contributed by atoms with Gasteiger partial charge < -0.3 is 15.2 Å². The predicted molar refractivity (Wildman–Crippen MR) is 76.6 cm³/mol. The third-order valence-corrected chi connectivity index (χ3v) is 5.04. The number of rotatable bonds is 5. The molecule has 0 spiro atoms. The van der Waals surface area contributed by atoms with E-state index in [0.717, 1.165) is 25.7 Å². The molecule has 0 aromatic carbocycles. The minimum atomic E-state index is -1.28. The van der Waals surface area contributed by atoms with Gasteiger partial charge in [0.1, 0.15) is 0 Å². The zero-order valence-corrected chi connectivity index (χ0v) is 12.0. The van der Waals surface area contributed by atoms with Crippen LogP contribution in [0.4, 0.5) is 0 Å². The summed E-state index contributed by atoms with van der Waals surface area (Å²) in [6.07, 6.45) is 4.62. The third kappa shape index (κ3) is 3.36. The molecule has 0 bridgehead atoms. The van der Waals surface area contributed by atoms with Crippen LogP contribution in [0.5, 0.6) is 0 Å². The van der Waals surface area contributed by atoms with Crippen molar-refractivity contribution in [2.24, 2.45) is 29.6 Å². The summed E-state index contributed by atoms with van der Waals surface area (Å²) in [5.74, 6) is 6.82. The molecule has 0 saturated heterocycles. The molecule has 0 amide bonds. The Hall–Kier alpha value is -0.985. The average molecular weight is 278 g/mol. The molecule has 0 aromatic rings. The third-order valence-electron chi connectivity index (χ3n) is 5.04. The normalized spacial score (nSPS) is 35.2. The summed E-state index contributed by atoms with van der Waals surface area (Å²) in [5, 5.41) is 27.2. The van der Waals surface area contributed by atoms with Crippen LogP contribution in [-0.2, 0) is 4.79 Å². The Morgan fingerprint density at radius 1 is 1.30 bits per heavy atom. The van der Waals surface area contributed by atoms with Gasteiger partial charge in [-0.2, -0.15) is 0 Å². The van der Waals surface area contributed by atoms with Crippen LogP contribution in [0.1, 0.15) is 39.0 Å². The first kappa shape index (κ1) is 15.4. The van der Waals surface area contributed by atoms with E-state index in [9.17, 15) is 9.90 Å². The van der Waals surface area contributed by atoms with Crippen LogP contribution in [0.2, 0.25) is 6.32 Å². The van der Waals surface area contributed by atoms with Crippen LogP contribution >= 0.6 is 0 Å². The molecule has 0 aliphatic heterocycles. The number of carbonyl (C=O) groups is 1. The van der Waals surface area contributed by atoms with E-state index < -0.39 is 13.1 Å². The van der Waals surface area contributed by atoms with Gasteiger partial charge in [-0.1, -0.05) is 6.42 Å². The summed E-state index contributed by atoms with van der Waals surface area (Å²) in [4.78, 5) is 11.4. The predicted octanol–water partition coefficient (Wildman–Crippen LogP) is 1.63. The second kappa shape index (κ2) is 6.65. The summed E-state index contributed by atoms with van der Waals surface area (Å²) in [6, 6.07) is 0. The lowest BCUT2D eigenvalue weighted by Crippen LogP contribution is -2.23. The lowest BCUT2D eigenvalue weighted by atomic mass is 9.78. The van der Waals surface area contributed by atoms with Crippen molar-refractivity contribution >= 4 is 13.1 Å². The van der Waals surface area contributed by atoms with Gasteiger partial charge in [0.15, 0.2) is 0 Å². The second-order valence-corrected chi connectivity index (χ2v) is 6.24. The first-order valence-electron chi connectivity index (χ1n) is 7.54. The first-order valence-corrected chi connectivity index (χ1v) is 7.54. The Morgan fingerprint density at radius 2 is 2.05 bits per heavy atom. The minimum absolute atomic E-state index is 0.180. The fourth-order valence-electron chi connectivity index (χ4n) is 4.31. The number of hydrogen-bond donors (Lipinski definition) is 3. The van der Waals surface area contributed by atoms with Gasteiger partial charge in [-0.25, -0.2) is 0 Å². The summed E-state index contributed by atoms with van der Waals surface area (Å²) in [6.45, 7) is 1.86. The molecule has 0 radical (unpaired) electrons.